The minimum atomic E-state index is -1.09. The number of carbonyl (C=O) groups excluding carboxylic acids is 1. The van der Waals surface area contributed by atoms with E-state index in [-0.39, 0.29) is 11.4 Å². The van der Waals surface area contributed by atoms with E-state index in [4.69, 9.17) is 9.84 Å². The van der Waals surface area contributed by atoms with E-state index in [1.807, 2.05) is 0 Å². The van der Waals surface area contributed by atoms with Crippen LogP contribution < -0.4 is 4.74 Å². The number of aliphatic carboxylic acids is 1. The van der Waals surface area contributed by atoms with Gasteiger partial charge in [-0.05, 0) is 26.0 Å². The van der Waals surface area contributed by atoms with Gasteiger partial charge in [0.25, 0.3) is 0 Å². The largest absolute Gasteiger partial charge is 0.479 e. The summed E-state index contributed by atoms with van der Waals surface area (Å²) in [6.07, 6.45) is -0.468. The fourth-order valence-electron chi connectivity index (χ4n) is 0.989. The molecule has 0 fully saturated rings. The molecule has 0 aliphatic rings. The Bertz CT molecular complexity index is 389. The maximum atomic E-state index is 10.6. The van der Waals surface area contributed by atoms with Gasteiger partial charge in [0.05, 0.1) is 0 Å². The topological polar surface area (TPSA) is 76.5 Å². The third kappa shape index (κ3) is 2.77. The third-order valence-electron chi connectivity index (χ3n) is 1.79. The second-order valence-electron chi connectivity index (χ2n) is 3.05. The fourth-order valence-corrected chi connectivity index (χ4v) is 0.989. The van der Waals surface area contributed by atoms with E-state index in [0.717, 1.165) is 0 Å². The van der Waals surface area contributed by atoms with Gasteiger partial charge in [-0.15, -0.1) is 0 Å². The molecule has 1 heterocycles. The molecule has 0 aliphatic carbocycles. The van der Waals surface area contributed by atoms with Crippen LogP contribution >= 0.6 is 0 Å². The molecule has 0 saturated carbocycles. The molecule has 0 radical (unpaired) electrons. The molecular weight excluding hydrogens is 198 g/mol. The summed E-state index contributed by atoms with van der Waals surface area (Å²) in [6.45, 7) is 3.12. The summed E-state index contributed by atoms with van der Waals surface area (Å²) in [5.41, 5.74) is 0.788. The van der Waals surface area contributed by atoms with Crippen LogP contribution in [0.3, 0.4) is 0 Å². The number of hydrogen-bond acceptors (Lipinski definition) is 4. The van der Waals surface area contributed by atoms with Crippen LogP contribution in [0.25, 0.3) is 0 Å². The molecule has 0 amide bonds. The molecular formula is C10H11NO4. The maximum absolute atomic E-state index is 10.6. The van der Waals surface area contributed by atoms with Crippen LogP contribution in [0.15, 0.2) is 12.1 Å². The first kappa shape index (κ1) is 11.2. The molecule has 1 aromatic rings. The first-order valence-electron chi connectivity index (χ1n) is 4.37. The van der Waals surface area contributed by atoms with Crippen molar-refractivity contribution in [3.63, 3.8) is 0 Å². The van der Waals surface area contributed by atoms with Gasteiger partial charge in [-0.25, -0.2) is 9.78 Å². The number of carboxylic acid groups (broad SMARTS) is 1. The highest BCUT2D eigenvalue weighted by molar-refractivity contribution is 5.77. The number of aryl methyl sites for hydroxylation is 1. The summed E-state index contributed by atoms with van der Waals surface area (Å²) in [4.78, 5) is 25.1. The van der Waals surface area contributed by atoms with Crippen LogP contribution in [0.2, 0.25) is 0 Å². The lowest BCUT2D eigenvalue weighted by atomic mass is 10.3. The Balaban J connectivity index is 2.94. The van der Waals surface area contributed by atoms with Gasteiger partial charge >= 0.3 is 5.97 Å². The summed E-state index contributed by atoms with van der Waals surface area (Å²) >= 11 is 0. The predicted molar refractivity (Wildman–Crippen MR) is 52.1 cm³/mol. The van der Waals surface area contributed by atoms with Crippen molar-refractivity contribution in [1.29, 1.82) is 0 Å². The van der Waals surface area contributed by atoms with E-state index < -0.39 is 12.1 Å². The highest BCUT2D eigenvalue weighted by atomic mass is 16.5. The Kier molecular flexibility index (Phi) is 3.38. The molecule has 0 spiro atoms. The standard InChI is InChI=1S/C10H11NO4/c1-6-3-4-9(8(5-12)11-6)15-7(2)10(13)14/h3-5,7H,1-2H3,(H,13,14). The van der Waals surface area contributed by atoms with Gasteiger partial charge in [0.1, 0.15) is 11.4 Å². The number of aromatic nitrogens is 1. The van der Waals surface area contributed by atoms with Crippen LogP contribution in [0.4, 0.5) is 0 Å². The van der Waals surface area contributed by atoms with E-state index >= 15 is 0 Å². The SMILES string of the molecule is Cc1ccc(OC(C)C(=O)O)c(C=O)n1. The van der Waals surface area contributed by atoms with Crippen molar-refractivity contribution in [2.24, 2.45) is 0 Å². The lowest BCUT2D eigenvalue weighted by Crippen LogP contribution is -2.23. The molecule has 1 unspecified atom stereocenters. The number of nitrogens with zero attached hydrogens (tertiary/aromatic N) is 1. The number of pyridine rings is 1. The van der Waals surface area contributed by atoms with Gasteiger partial charge in [0.15, 0.2) is 12.4 Å². The van der Waals surface area contributed by atoms with E-state index in [1.54, 1.807) is 13.0 Å². The van der Waals surface area contributed by atoms with Crippen molar-refractivity contribution in [2.45, 2.75) is 20.0 Å². The van der Waals surface area contributed by atoms with E-state index in [0.29, 0.717) is 12.0 Å². The molecule has 1 N–H and O–H groups in total. The molecule has 0 aliphatic heterocycles. The maximum Gasteiger partial charge on any atom is 0.344 e. The Hall–Kier alpha value is -1.91. The zero-order valence-corrected chi connectivity index (χ0v) is 8.43. The second kappa shape index (κ2) is 4.54. The molecule has 1 rings (SSSR count). The van der Waals surface area contributed by atoms with Crippen LogP contribution in [-0.4, -0.2) is 28.4 Å². The van der Waals surface area contributed by atoms with Crippen molar-refractivity contribution in [2.75, 3.05) is 0 Å². The zero-order valence-electron chi connectivity index (χ0n) is 8.43. The fraction of sp³-hybridized carbons (Fsp3) is 0.300. The molecule has 15 heavy (non-hydrogen) atoms. The van der Waals surface area contributed by atoms with Gasteiger partial charge in [-0.3, -0.25) is 4.79 Å². The highest BCUT2D eigenvalue weighted by Gasteiger charge is 2.15. The van der Waals surface area contributed by atoms with Gasteiger partial charge in [0.2, 0.25) is 0 Å². The Labute approximate surface area is 86.7 Å². The van der Waals surface area contributed by atoms with E-state index in [2.05, 4.69) is 4.98 Å². The summed E-state index contributed by atoms with van der Waals surface area (Å²) < 4.78 is 5.06. The average molecular weight is 209 g/mol. The summed E-state index contributed by atoms with van der Waals surface area (Å²) in [7, 11) is 0. The summed E-state index contributed by atoms with van der Waals surface area (Å²) in [5, 5.41) is 8.63. The van der Waals surface area contributed by atoms with Crippen molar-refractivity contribution >= 4 is 12.3 Å². The van der Waals surface area contributed by atoms with E-state index in [9.17, 15) is 9.59 Å². The van der Waals surface area contributed by atoms with Crippen LogP contribution in [0, 0.1) is 6.92 Å². The second-order valence-corrected chi connectivity index (χ2v) is 3.05. The van der Waals surface area contributed by atoms with E-state index in [1.165, 1.54) is 13.0 Å². The molecule has 5 heteroatoms. The van der Waals surface area contributed by atoms with Crippen LogP contribution in [0.5, 0.6) is 5.75 Å². The minimum absolute atomic E-state index is 0.114. The number of hydrogen-bond donors (Lipinski definition) is 1. The van der Waals surface area contributed by atoms with Crippen LogP contribution in [0.1, 0.15) is 23.1 Å². The predicted octanol–water partition coefficient (Wildman–Crippen LogP) is 1.05. The lowest BCUT2D eigenvalue weighted by molar-refractivity contribution is -0.144. The number of carbonyl (C=O) groups is 2. The van der Waals surface area contributed by atoms with Gasteiger partial charge in [-0.2, -0.15) is 0 Å². The normalized spacial score (nSPS) is 11.9. The Morgan fingerprint density at radius 2 is 2.27 bits per heavy atom. The van der Waals surface area contributed by atoms with Crippen molar-refractivity contribution < 1.29 is 19.4 Å². The summed E-state index contributed by atoms with van der Waals surface area (Å²) in [6, 6.07) is 3.18. The molecule has 0 saturated heterocycles. The number of rotatable bonds is 4. The number of ether oxygens (including phenoxy) is 1. The number of aldehydes is 1. The highest BCUT2D eigenvalue weighted by Crippen LogP contribution is 2.16. The lowest BCUT2D eigenvalue weighted by Gasteiger charge is -2.11. The molecule has 0 bridgehead atoms. The van der Waals surface area contributed by atoms with Crippen molar-refractivity contribution in [3.8, 4) is 5.75 Å². The minimum Gasteiger partial charge on any atom is -0.479 e. The Morgan fingerprint density at radius 3 is 2.80 bits per heavy atom. The Morgan fingerprint density at radius 1 is 1.60 bits per heavy atom. The van der Waals surface area contributed by atoms with Crippen molar-refractivity contribution in [3.05, 3.63) is 23.5 Å². The average Bonchev–Trinajstić information content (AvgIpc) is 2.20. The first-order chi connectivity index (χ1) is 7.04. The monoisotopic (exact) mass is 209 g/mol. The van der Waals surface area contributed by atoms with Gasteiger partial charge < -0.3 is 9.84 Å². The molecule has 5 nitrogen and oxygen atoms in total. The molecule has 0 aromatic carbocycles. The number of carboxylic acids is 1. The van der Waals surface area contributed by atoms with Crippen molar-refractivity contribution in [1.82, 2.24) is 4.98 Å². The molecule has 1 atom stereocenters. The first-order valence-corrected chi connectivity index (χ1v) is 4.37. The summed E-state index contributed by atoms with van der Waals surface area (Å²) in [5.74, 6) is -0.905. The molecule has 80 valence electrons. The van der Waals surface area contributed by atoms with Gasteiger partial charge in [-0.1, -0.05) is 0 Å². The molecule has 1 aromatic heterocycles. The quantitative estimate of drug-likeness (QED) is 0.750. The zero-order chi connectivity index (χ0) is 11.4. The van der Waals surface area contributed by atoms with Gasteiger partial charge in [0, 0.05) is 5.69 Å². The smallest absolute Gasteiger partial charge is 0.344 e. The third-order valence-corrected chi connectivity index (χ3v) is 1.79. The van der Waals surface area contributed by atoms with Crippen LogP contribution in [-0.2, 0) is 4.79 Å².